The summed E-state index contributed by atoms with van der Waals surface area (Å²) in [6.07, 6.45) is 58.5. The third kappa shape index (κ3) is 46.4. The summed E-state index contributed by atoms with van der Waals surface area (Å²) in [6, 6.07) is 0. The third-order valence-corrected chi connectivity index (χ3v) is 11.1. The molecule has 6 heteroatoms. The lowest BCUT2D eigenvalue weighted by Gasteiger charge is -2.18. The van der Waals surface area contributed by atoms with Crippen LogP contribution in [-0.2, 0) is 28.6 Å². The van der Waals surface area contributed by atoms with E-state index < -0.39 is 12.1 Å². The third-order valence-electron chi connectivity index (χ3n) is 11.1. The van der Waals surface area contributed by atoms with Crippen molar-refractivity contribution in [1.29, 1.82) is 0 Å². The van der Waals surface area contributed by atoms with Gasteiger partial charge in [-0.3, -0.25) is 14.4 Å². The topological polar surface area (TPSA) is 78.9 Å². The maximum atomic E-state index is 12.8. The van der Waals surface area contributed by atoms with Crippen molar-refractivity contribution >= 4 is 17.9 Å². The van der Waals surface area contributed by atoms with Crippen LogP contribution in [0.3, 0.4) is 0 Å². The van der Waals surface area contributed by atoms with E-state index in [1.54, 1.807) is 6.08 Å². The van der Waals surface area contributed by atoms with Gasteiger partial charge in [-0.15, -0.1) is 0 Å². The van der Waals surface area contributed by atoms with Gasteiger partial charge < -0.3 is 14.2 Å². The van der Waals surface area contributed by atoms with Gasteiger partial charge in [-0.05, 0) is 57.8 Å². The quantitative estimate of drug-likeness (QED) is 0.0263. The molecule has 6 nitrogen and oxygen atoms in total. The second kappa shape index (κ2) is 49.0. The first kappa shape index (κ1) is 57.4. The zero-order chi connectivity index (χ0) is 43.7. The minimum absolute atomic E-state index is 0.0991. The molecule has 0 saturated carbocycles. The van der Waals surface area contributed by atoms with E-state index in [4.69, 9.17) is 14.2 Å². The molecule has 1 atom stereocenters. The Kier molecular flexibility index (Phi) is 46.9. The fraction of sp³-hybridized carbons (Fsp3) is 0.796. The molecule has 0 heterocycles. The molecule has 0 spiro atoms. The highest BCUT2D eigenvalue weighted by Crippen LogP contribution is 2.16. The van der Waals surface area contributed by atoms with Gasteiger partial charge in [-0.1, -0.05) is 230 Å². The lowest BCUT2D eigenvalue weighted by Crippen LogP contribution is -2.30. The number of ether oxygens (including phenoxy) is 3. The van der Waals surface area contributed by atoms with Crippen LogP contribution in [0, 0.1) is 0 Å². The highest BCUT2D eigenvalue weighted by Gasteiger charge is 2.19. The van der Waals surface area contributed by atoms with E-state index in [-0.39, 0.29) is 31.6 Å². The fourth-order valence-electron chi connectivity index (χ4n) is 7.26. The summed E-state index contributed by atoms with van der Waals surface area (Å²) in [7, 11) is 0. The van der Waals surface area contributed by atoms with Crippen LogP contribution in [0.2, 0.25) is 0 Å². The van der Waals surface area contributed by atoms with Crippen LogP contribution in [0.15, 0.2) is 48.6 Å². The first-order valence-electron chi connectivity index (χ1n) is 25.6. The number of carbonyl (C=O) groups is 3. The van der Waals surface area contributed by atoms with Crippen molar-refractivity contribution in [3.63, 3.8) is 0 Å². The van der Waals surface area contributed by atoms with E-state index >= 15 is 0 Å². The molecule has 0 rings (SSSR count). The Labute approximate surface area is 371 Å². The van der Waals surface area contributed by atoms with Gasteiger partial charge >= 0.3 is 17.9 Å². The Morgan fingerprint density at radius 1 is 0.367 bits per heavy atom. The van der Waals surface area contributed by atoms with E-state index in [9.17, 15) is 14.4 Å². The van der Waals surface area contributed by atoms with Gasteiger partial charge in [-0.2, -0.15) is 0 Å². The Morgan fingerprint density at radius 2 is 0.717 bits per heavy atom. The van der Waals surface area contributed by atoms with Crippen molar-refractivity contribution in [1.82, 2.24) is 0 Å². The maximum Gasteiger partial charge on any atom is 0.309 e. The molecule has 0 bridgehead atoms. The van der Waals surface area contributed by atoms with E-state index in [0.29, 0.717) is 12.8 Å². The van der Waals surface area contributed by atoms with Gasteiger partial charge in [0.25, 0.3) is 0 Å². The summed E-state index contributed by atoms with van der Waals surface area (Å²) in [5.41, 5.74) is 0. The van der Waals surface area contributed by atoms with Gasteiger partial charge in [0, 0.05) is 12.8 Å². The van der Waals surface area contributed by atoms with Crippen LogP contribution in [0.5, 0.6) is 0 Å². The molecule has 0 aromatic heterocycles. The number of allylic oxidation sites excluding steroid dienone is 7. The van der Waals surface area contributed by atoms with Crippen LogP contribution in [0.1, 0.15) is 258 Å². The molecule has 0 radical (unpaired) electrons. The van der Waals surface area contributed by atoms with Crippen molar-refractivity contribution in [2.45, 2.75) is 264 Å². The predicted molar refractivity (Wildman–Crippen MR) is 256 cm³/mol. The number of carbonyl (C=O) groups excluding carboxylic acids is 3. The molecule has 0 amide bonds. The molecule has 0 aromatic rings. The van der Waals surface area contributed by atoms with E-state index in [1.807, 2.05) is 6.08 Å². The van der Waals surface area contributed by atoms with Gasteiger partial charge in [-0.25, -0.2) is 0 Å². The normalized spacial score (nSPS) is 12.4. The van der Waals surface area contributed by atoms with Gasteiger partial charge in [0.15, 0.2) is 6.10 Å². The molecule has 0 aromatic carbocycles. The SMILES string of the molecule is CC/C=C\C/C=C\C/C=C\CC(=O)OCC(COC(=O)CCCCCCCCCCCCCCCCCCCC)OC(=O)CCCCCCCCC/C=C\CCCCCC. The molecule has 1 unspecified atom stereocenters. The summed E-state index contributed by atoms with van der Waals surface area (Å²) in [5, 5.41) is 0. The number of esters is 3. The average Bonchev–Trinajstić information content (AvgIpc) is 3.24. The summed E-state index contributed by atoms with van der Waals surface area (Å²) in [4.78, 5) is 37.8. The van der Waals surface area contributed by atoms with Crippen molar-refractivity contribution < 1.29 is 28.6 Å². The lowest BCUT2D eigenvalue weighted by atomic mass is 10.0. The van der Waals surface area contributed by atoms with Crippen molar-refractivity contribution in [3.8, 4) is 0 Å². The molecular weight excluding hydrogens is 745 g/mol. The number of rotatable bonds is 46. The number of hydrogen-bond donors (Lipinski definition) is 0. The van der Waals surface area contributed by atoms with E-state index in [2.05, 4.69) is 57.2 Å². The Hall–Kier alpha value is -2.63. The number of unbranched alkanes of at least 4 members (excludes halogenated alkanes) is 28. The van der Waals surface area contributed by atoms with Crippen LogP contribution in [0.25, 0.3) is 0 Å². The second-order valence-corrected chi connectivity index (χ2v) is 17.1. The molecule has 0 aliphatic heterocycles. The predicted octanol–water partition coefficient (Wildman–Crippen LogP) is 16.7. The Bertz CT molecular complexity index is 1060. The molecule has 0 fully saturated rings. The van der Waals surface area contributed by atoms with Crippen molar-refractivity contribution in [2.24, 2.45) is 0 Å². The summed E-state index contributed by atoms with van der Waals surface area (Å²) in [5.74, 6) is -1.03. The number of hydrogen-bond acceptors (Lipinski definition) is 6. The lowest BCUT2D eigenvalue weighted by molar-refractivity contribution is -0.166. The van der Waals surface area contributed by atoms with E-state index in [1.165, 1.54) is 161 Å². The molecule has 0 saturated heterocycles. The van der Waals surface area contributed by atoms with E-state index in [0.717, 1.165) is 57.8 Å². The molecular formula is C54H96O6. The van der Waals surface area contributed by atoms with Crippen LogP contribution < -0.4 is 0 Å². The van der Waals surface area contributed by atoms with Crippen LogP contribution in [0.4, 0.5) is 0 Å². The largest absolute Gasteiger partial charge is 0.462 e. The highest BCUT2D eigenvalue weighted by atomic mass is 16.6. The molecule has 60 heavy (non-hydrogen) atoms. The first-order valence-corrected chi connectivity index (χ1v) is 25.6. The highest BCUT2D eigenvalue weighted by molar-refractivity contribution is 5.72. The standard InChI is InChI=1S/C54H96O6/c1-4-7-10-13-16-19-21-23-25-26-27-29-30-32-35-38-41-44-47-53(56)59-50-51(49-58-52(55)46-43-40-37-34-18-15-12-9-6-3)60-54(57)48-45-42-39-36-33-31-28-24-22-20-17-14-11-8-5-2/h9,12,18,20,22,34,40,43,51H,4-8,10-11,13-17,19,21,23-33,35-39,41-42,44-50H2,1-3H3/b12-9-,22-20-,34-18-,43-40-. The summed E-state index contributed by atoms with van der Waals surface area (Å²) >= 11 is 0. The Balaban J connectivity index is 4.32. The van der Waals surface area contributed by atoms with Crippen molar-refractivity contribution in [2.75, 3.05) is 13.2 Å². The zero-order valence-corrected chi connectivity index (χ0v) is 39.7. The van der Waals surface area contributed by atoms with Crippen LogP contribution in [-0.4, -0.2) is 37.2 Å². The minimum atomic E-state index is -0.806. The molecule has 0 N–H and O–H groups in total. The monoisotopic (exact) mass is 841 g/mol. The first-order chi connectivity index (χ1) is 29.5. The average molecular weight is 841 g/mol. The maximum absolute atomic E-state index is 12.8. The molecule has 0 aliphatic carbocycles. The van der Waals surface area contributed by atoms with Crippen molar-refractivity contribution in [3.05, 3.63) is 48.6 Å². The van der Waals surface area contributed by atoms with Gasteiger partial charge in [0.2, 0.25) is 0 Å². The minimum Gasteiger partial charge on any atom is -0.462 e. The fourth-order valence-corrected chi connectivity index (χ4v) is 7.26. The summed E-state index contributed by atoms with van der Waals surface area (Å²) in [6.45, 7) is 6.43. The Morgan fingerprint density at radius 3 is 1.17 bits per heavy atom. The van der Waals surface area contributed by atoms with Crippen LogP contribution >= 0.6 is 0 Å². The van der Waals surface area contributed by atoms with Gasteiger partial charge in [0.1, 0.15) is 13.2 Å². The summed E-state index contributed by atoms with van der Waals surface area (Å²) < 4.78 is 16.7. The second-order valence-electron chi connectivity index (χ2n) is 17.1. The molecule has 348 valence electrons. The van der Waals surface area contributed by atoms with Gasteiger partial charge in [0.05, 0.1) is 6.42 Å². The molecule has 0 aliphatic rings. The zero-order valence-electron chi connectivity index (χ0n) is 39.7. The smallest absolute Gasteiger partial charge is 0.309 e.